The van der Waals surface area contributed by atoms with E-state index < -0.39 is 11.7 Å². The third-order valence-corrected chi connectivity index (χ3v) is 6.67. The summed E-state index contributed by atoms with van der Waals surface area (Å²) in [5, 5.41) is 3.06. The zero-order valence-corrected chi connectivity index (χ0v) is 21.0. The van der Waals surface area contributed by atoms with Crippen molar-refractivity contribution in [2.24, 2.45) is 0 Å². The number of halogens is 4. The SMILES string of the molecule is COc1ccc(CCN(C(=S)Nc2ccc(Cl)c(C(F)(F)F)c2)C2CCN(C)CC2)cc1OC. The summed E-state index contributed by atoms with van der Waals surface area (Å²) in [5.41, 5.74) is 0.410. The van der Waals surface area contributed by atoms with Crippen LogP contribution in [0.1, 0.15) is 24.0 Å². The molecule has 3 rings (SSSR count). The molecule has 1 aliphatic heterocycles. The Kier molecular flexibility index (Phi) is 8.89. The van der Waals surface area contributed by atoms with Gasteiger partial charge in [-0.2, -0.15) is 13.2 Å². The highest BCUT2D eigenvalue weighted by atomic mass is 35.5. The summed E-state index contributed by atoms with van der Waals surface area (Å²) in [4.78, 5) is 4.34. The van der Waals surface area contributed by atoms with Crippen molar-refractivity contribution in [2.75, 3.05) is 46.2 Å². The predicted octanol–water partition coefficient (Wildman–Crippen LogP) is 5.71. The van der Waals surface area contributed by atoms with Crippen LogP contribution in [-0.4, -0.2) is 61.9 Å². The van der Waals surface area contributed by atoms with Gasteiger partial charge < -0.3 is 24.6 Å². The van der Waals surface area contributed by atoms with Gasteiger partial charge in [0.25, 0.3) is 0 Å². The Balaban J connectivity index is 1.78. The Bertz CT molecular complexity index is 998. The van der Waals surface area contributed by atoms with Crippen molar-refractivity contribution in [3.8, 4) is 11.5 Å². The normalized spacial score (nSPS) is 15.1. The van der Waals surface area contributed by atoms with Crippen LogP contribution in [0.2, 0.25) is 5.02 Å². The van der Waals surface area contributed by atoms with Gasteiger partial charge in [0.2, 0.25) is 0 Å². The van der Waals surface area contributed by atoms with Gasteiger partial charge >= 0.3 is 6.18 Å². The zero-order valence-electron chi connectivity index (χ0n) is 19.4. The molecule has 0 saturated carbocycles. The number of nitrogens with one attached hydrogen (secondary N) is 1. The molecule has 1 aliphatic rings. The molecule has 0 unspecified atom stereocenters. The Morgan fingerprint density at radius 2 is 1.79 bits per heavy atom. The van der Waals surface area contributed by atoms with Crippen molar-refractivity contribution in [1.82, 2.24) is 9.80 Å². The number of rotatable bonds is 7. The van der Waals surface area contributed by atoms with Gasteiger partial charge in [0.15, 0.2) is 16.6 Å². The fourth-order valence-corrected chi connectivity index (χ4v) is 4.64. The number of benzene rings is 2. The van der Waals surface area contributed by atoms with E-state index in [1.165, 1.54) is 12.1 Å². The Hall–Kier alpha value is -2.23. The summed E-state index contributed by atoms with van der Waals surface area (Å²) in [6, 6.07) is 9.68. The van der Waals surface area contributed by atoms with Crippen molar-refractivity contribution in [3.63, 3.8) is 0 Å². The lowest BCUT2D eigenvalue weighted by Gasteiger charge is -2.39. The van der Waals surface area contributed by atoms with Crippen molar-refractivity contribution in [2.45, 2.75) is 31.5 Å². The zero-order chi connectivity index (χ0) is 24.9. The summed E-state index contributed by atoms with van der Waals surface area (Å²) >= 11 is 11.4. The lowest BCUT2D eigenvalue weighted by molar-refractivity contribution is -0.137. The molecule has 2 aromatic carbocycles. The van der Waals surface area contributed by atoms with E-state index in [9.17, 15) is 13.2 Å². The number of piperidine rings is 1. The number of thiocarbonyl (C=S) groups is 1. The van der Waals surface area contributed by atoms with Gasteiger partial charge in [0, 0.05) is 18.3 Å². The highest BCUT2D eigenvalue weighted by Gasteiger charge is 2.33. The first-order valence-corrected chi connectivity index (χ1v) is 11.7. The molecule has 1 saturated heterocycles. The first-order valence-electron chi connectivity index (χ1n) is 11.0. The number of hydrogen-bond acceptors (Lipinski definition) is 4. The van der Waals surface area contributed by atoms with E-state index in [4.69, 9.17) is 33.3 Å². The molecule has 10 heteroatoms. The van der Waals surface area contributed by atoms with Crippen LogP contribution in [0.4, 0.5) is 18.9 Å². The fraction of sp³-hybridized carbons (Fsp3) is 0.458. The number of nitrogens with zero attached hydrogens (tertiary/aromatic N) is 2. The smallest absolute Gasteiger partial charge is 0.417 e. The molecule has 2 aromatic rings. The van der Waals surface area contributed by atoms with Gasteiger partial charge in [-0.25, -0.2) is 0 Å². The van der Waals surface area contributed by atoms with Crippen LogP contribution in [0.25, 0.3) is 0 Å². The lowest BCUT2D eigenvalue weighted by atomic mass is 10.0. The van der Waals surface area contributed by atoms with Crippen molar-refractivity contribution >= 4 is 34.6 Å². The molecule has 1 heterocycles. The molecule has 5 nitrogen and oxygen atoms in total. The van der Waals surface area contributed by atoms with Gasteiger partial charge in [0.1, 0.15) is 0 Å². The summed E-state index contributed by atoms with van der Waals surface area (Å²) < 4.78 is 50.6. The molecule has 186 valence electrons. The maximum Gasteiger partial charge on any atom is 0.417 e. The first-order chi connectivity index (χ1) is 16.1. The van der Waals surface area contributed by atoms with Crippen LogP contribution in [0, 0.1) is 0 Å². The maximum absolute atomic E-state index is 13.3. The fourth-order valence-electron chi connectivity index (χ4n) is 4.06. The van der Waals surface area contributed by atoms with Crippen LogP contribution in [-0.2, 0) is 12.6 Å². The van der Waals surface area contributed by atoms with Gasteiger partial charge in [-0.05, 0) is 87.5 Å². The predicted molar refractivity (Wildman–Crippen MR) is 133 cm³/mol. The number of methoxy groups -OCH3 is 2. The molecule has 0 atom stereocenters. The average Bonchev–Trinajstić information content (AvgIpc) is 2.80. The molecule has 0 aliphatic carbocycles. The monoisotopic (exact) mass is 515 g/mol. The maximum atomic E-state index is 13.3. The van der Waals surface area contributed by atoms with Crippen molar-refractivity contribution < 1.29 is 22.6 Å². The van der Waals surface area contributed by atoms with Crippen molar-refractivity contribution in [1.29, 1.82) is 0 Å². The van der Waals surface area contributed by atoms with Gasteiger partial charge in [0.05, 0.1) is 24.8 Å². The molecule has 0 amide bonds. The Morgan fingerprint density at radius 1 is 1.12 bits per heavy atom. The van der Waals surface area contributed by atoms with Gasteiger partial charge in [-0.3, -0.25) is 0 Å². The molecule has 0 spiro atoms. The molecular weight excluding hydrogens is 487 g/mol. The minimum absolute atomic E-state index is 0.186. The summed E-state index contributed by atoms with van der Waals surface area (Å²) in [6.07, 6.45) is -2.03. The Morgan fingerprint density at radius 3 is 2.41 bits per heavy atom. The third-order valence-electron chi connectivity index (χ3n) is 6.00. The molecule has 0 radical (unpaired) electrons. The second-order valence-corrected chi connectivity index (χ2v) is 9.08. The van der Waals surface area contributed by atoms with E-state index in [1.54, 1.807) is 14.2 Å². The first kappa shape index (κ1) is 26.4. The van der Waals surface area contributed by atoms with E-state index in [1.807, 2.05) is 18.2 Å². The minimum atomic E-state index is -4.54. The number of ether oxygens (including phenoxy) is 2. The minimum Gasteiger partial charge on any atom is -0.493 e. The van der Waals surface area contributed by atoms with E-state index in [-0.39, 0.29) is 16.8 Å². The van der Waals surface area contributed by atoms with E-state index in [0.717, 1.165) is 37.6 Å². The number of hydrogen-bond donors (Lipinski definition) is 1. The van der Waals surface area contributed by atoms with Gasteiger partial charge in [-0.15, -0.1) is 0 Å². The summed E-state index contributed by atoms with van der Waals surface area (Å²) in [7, 11) is 5.25. The quantitative estimate of drug-likeness (QED) is 0.476. The molecule has 1 N–H and O–H groups in total. The van der Waals surface area contributed by atoms with E-state index in [0.29, 0.717) is 29.6 Å². The molecule has 34 heavy (non-hydrogen) atoms. The van der Waals surface area contributed by atoms with Crippen molar-refractivity contribution in [3.05, 3.63) is 52.5 Å². The molecule has 1 fully saturated rings. The highest BCUT2D eigenvalue weighted by Crippen LogP contribution is 2.36. The highest BCUT2D eigenvalue weighted by molar-refractivity contribution is 7.80. The summed E-state index contributed by atoms with van der Waals surface area (Å²) in [5.74, 6) is 1.30. The van der Waals surface area contributed by atoms with Crippen LogP contribution >= 0.6 is 23.8 Å². The molecule has 0 bridgehead atoms. The molecule has 0 aromatic heterocycles. The number of likely N-dealkylation sites (tertiary alicyclic amines) is 1. The number of anilines is 1. The van der Waals surface area contributed by atoms with Crippen LogP contribution in [0.15, 0.2) is 36.4 Å². The second kappa shape index (κ2) is 11.5. The third kappa shape index (κ3) is 6.67. The lowest BCUT2D eigenvalue weighted by Crippen LogP contribution is -2.48. The summed E-state index contributed by atoms with van der Waals surface area (Å²) in [6.45, 7) is 2.47. The average molecular weight is 516 g/mol. The topological polar surface area (TPSA) is 37.0 Å². The number of alkyl halides is 3. The standard InChI is InChI=1S/C24H29ClF3N3O2S/c1-30-11-9-18(10-12-30)31(13-8-16-4-7-21(32-2)22(14-16)33-3)23(34)29-17-5-6-20(25)19(15-17)24(26,27)28/h4-7,14-15,18H,8-13H2,1-3H3,(H,29,34). The molecular formula is C24H29ClF3N3O2S. The van der Waals surface area contributed by atoms with Crippen LogP contribution in [0.3, 0.4) is 0 Å². The largest absolute Gasteiger partial charge is 0.493 e. The van der Waals surface area contributed by atoms with E-state index in [2.05, 4.69) is 22.2 Å². The Labute approximate surface area is 208 Å². The second-order valence-electron chi connectivity index (χ2n) is 8.29. The van der Waals surface area contributed by atoms with Gasteiger partial charge in [-0.1, -0.05) is 17.7 Å². The van der Waals surface area contributed by atoms with Crippen LogP contribution in [0.5, 0.6) is 11.5 Å². The van der Waals surface area contributed by atoms with E-state index >= 15 is 0 Å². The van der Waals surface area contributed by atoms with Crippen LogP contribution < -0.4 is 14.8 Å².